The lowest BCUT2D eigenvalue weighted by atomic mass is 10.1. The van der Waals surface area contributed by atoms with Gasteiger partial charge in [0.05, 0.1) is 34.4 Å². The predicted octanol–water partition coefficient (Wildman–Crippen LogP) is 16.6. The Hall–Kier alpha value is -3.23. The SMILES string of the molecule is CC/C=C/C/C=C/C/C=C/C/C=C/C/C=C/CCCCCCCCCC(=O)OC(COCCC(C(=O)O)[N+](C)(C)C)COC(=O)CCCCCCCCC/C=C/CCCCCCCCCCCC. The van der Waals surface area contributed by atoms with Crippen LogP contribution in [0.1, 0.15) is 239 Å². The zero-order valence-electron chi connectivity index (χ0n) is 44.8. The van der Waals surface area contributed by atoms with Crippen LogP contribution in [0.2, 0.25) is 0 Å². The topological polar surface area (TPSA) is 99.1 Å². The second-order valence-electron chi connectivity index (χ2n) is 19.8. The zero-order valence-corrected chi connectivity index (χ0v) is 44.8. The number of carboxylic acid groups (broad SMARTS) is 1. The van der Waals surface area contributed by atoms with E-state index in [4.69, 9.17) is 14.2 Å². The average Bonchev–Trinajstić information content (AvgIpc) is 3.30. The molecule has 392 valence electrons. The molecule has 0 bridgehead atoms. The Morgan fingerprint density at radius 1 is 0.456 bits per heavy atom. The third kappa shape index (κ3) is 47.8. The number of carbonyl (C=O) groups is 3. The molecule has 0 rings (SSSR count). The summed E-state index contributed by atoms with van der Waals surface area (Å²) in [5.74, 6) is -1.48. The van der Waals surface area contributed by atoms with Crippen molar-refractivity contribution in [2.24, 2.45) is 0 Å². The van der Waals surface area contributed by atoms with Crippen LogP contribution < -0.4 is 0 Å². The Morgan fingerprint density at radius 3 is 1.24 bits per heavy atom. The largest absolute Gasteiger partial charge is 0.477 e. The van der Waals surface area contributed by atoms with E-state index >= 15 is 0 Å². The molecular weight excluding hydrogens is 847 g/mol. The summed E-state index contributed by atoms with van der Waals surface area (Å²) in [5, 5.41) is 9.67. The van der Waals surface area contributed by atoms with Crippen molar-refractivity contribution in [3.05, 3.63) is 72.9 Å². The Morgan fingerprint density at radius 2 is 0.824 bits per heavy atom. The molecule has 68 heavy (non-hydrogen) atoms. The highest BCUT2D eigenvalue weighted by molar-refractivity contribution is 5.72. The number of nitrogens with zero attached hydrogens (tertiary/aromatic N) is 1. The van der Waals surface area contributed by atoms with E-state index in [0.717, 1.165) is 83.5 Å². The number of esters is 2. The second-order valence-corrected chi connectivity index (χ2v) is 19.8. The summed E-state index contributed by atoms with van der Waals surface area (Å²) in [7, 11) is 5.53. The summed E-state index contributed by atoms with van der Waals surface area (Å²) in [6.45, 7) is 4.63. The number of quaternary nitrogens is 1. The van der Waals surface area contributed by atoms with Gasteiger partial charge in [0, 0.05) is 19.3 Å². The molecule has 0 aliphatic heterocycles. The highest BCUT2D eigenvalue weighted by Gasteiger charge is 2.31. The molecule has 2 unspecified atom stereocenters. The molecule has 8 heteroatoms. The van der Waals surface area contributed by atoms with E-state index in [0.29, 0.717) is 19.3 Å². The number of ether oxygens (including phenoxy) is 3. The average molecular weight is 954 g/mol. The molecule has 0 radical (unpaired) electrons. The molecule has 8 nitrogen and oxygen atoms in total. The molecule has 2 atom stereocenters. The van der Waals surface area contributed by atoms with Crippen LogP contribution in [-0.4, -0.2) is 80.6 Å². The normalized spacial score (nSPS) is 13.4. The molecule has 0 aliphatic carbocycles. The highest BCUT2D eigenvalue weighted by atomic mass is 16.6. The molecule has 0 aromatic rings. The molecule has 0 spiro atoms. The van der Waals surface area contributed by atoms with E-state index < -0.39 is 18.1 Å². The molecule has 0 saturated carbocycles. The van der Waals surface area contributed by atoms with Crippen LogP contribution in [0, 0.1) is 0 Å². The number of carboxylic acids is 1. The standard InChI is InChI=1S/C60H105NO7/c1-6-8-10-12-14-16-18-20-22-24-26-28-29-31-33-35-37-39-41-43-45-47-49-51-59(63)68-56(54-66-53-52-57(60(64)65)61(3,4)5)55-67-58(62)50-48-46-44-42-40-38-36-34-32-30-27-25-23-21-19-17-15-13-11-9-7-2/h8,10,14,16,20,22,26,28,30-33,56-57H,6-7,9,11-13,15,17-19,21,23-25,27,29,34-55H2,1-5H3/p+1/b10-8+,16-14+,22-20+,28-26+,32-30+,33-31+. The number of likely N-dealkylation sites (N-methyl/N-ethyl adjacent to an activating group) is 1. The smallest absolute Gasteiger partial charge is 0.362 e. The van der Waals surface area contributed by atoms with Crippen LogP contribution >= 0.6 is 0 Å². The van der Waals surface area contributed by atoms with Gasteiger partial charge in [0.1, 0.15) is 6.61 Å². The van der Waals surface area contributed by atoms with Crippen molar-refractivity contribution in [2.45, 2.75) is 251 Å². The molecule has 1 N–H and O–H groups in total. The zero-order chi connectivity index (χ0) is 49.9. The summed E-state index contributed by atoms with van der Waals surface area (Å²) >= 11 is 0. The molecule has 0 fully saturated rings. The Bertz CT molecular complexity index is 1340. The van der Waals surface area contributed by atoms with E-state index in [9.17, 15) is 19.5 Å². The fourth-order valence-corrected chi connectivity index (χ4v) is 8.06. The van der Waals surface area contributed by atoms with Gasteiger partial charge in [-0.2, -0.15) is 0 Å². The van der Waals surface area contributed by atoms with Crippen molar-refractivity contribution in [1.29, 1.82) is 0 Å². The maximum Gasteiger partial charge on any atom is 0.362 e. The number of unbranched alkanes of at least 4 members (excludes halogenated alkanes) is 24. The minimum absolute atomic E-state index is 0.0528. The van der Waals surface area contributed by atoms with Crippen LogP contribution in [0.25, 0.3) is 0 Å². The van der Waals surface area contributed by atoms with Gasteiger partial charge in [-0.3, -0.25) is 9.59 Å². The minimum Gasteiger partial charge on any atom is -0.477 e. The lowest BCUT2D eigenvalue weighted by Gasteiger charge is -2.31. The lowest BCUT2D eigenvalue weighted by molar-refractivity contribution is -0.887. The number of allylic oxidation sites excluding steroid dienone is 12. The van der Waals surface area contributed by atoms with Crippen molar-refractivity contribution in [3.63, 3.8) is 0 Å². The van der Waals surface area contributed by atoms with Gasteiger partial charge in [0.15, 0.2) is 12.1 Å². The Kier molecular flexibility index (Phi) is 47.8. The minimum atomic E-state index is -0.878. The van der Waals surface area contributed by atoms with Crippen molar-refractivity contribution in [3.8, 4) is 0 Å². The number of rotatable bonds is 50. The van der Waals surface area contributed by atoms with E-state index in [1.165, 1.54) is 122 Å². The lowest BCUT2D eigenvalue weighted by Crippen LogP contribution is -2.50. The fraction of sp³-hybridized carbons (Fsp3) is 0.750. The highest BCUT2D eigenvalue weighted by Crippen LogP contribution is 2.15. The molecule has 0 aromatic carbocycles. The van der Waals surface area contributed by atoms with Gasteiger partial charge >= 0.3 is 17.9 Å². The Balaban J connectivity index is 4.23. The van der Waals surface area contributed by atoms with E-state index in [2.05, 4.69) is 86.8 Å². The van der Waals surface area contributed by atoms with Gasteiger partial charge in [-0.1, -0.05) is 209 Å². The quantitative estimate of drug-likeness (QED) is 0.0281. The van der Waals surface area contributed by atoms with Gasteiger partial charge in [-0.15, -0.1) is 0 Å². The van der Waals surface area contributed by atoms with Gasteiger partial charge in [-0.25, -0.2) is 4.79 Å². The summed E-state index contributed by atoms with van der Waals surface area (Å²) < 4.78 is 17.4. The first-order valence-corrected chi connectivity index (χ1v) is 28.0. The number of hydrogen-bond acceptors (Lipinski definition) is 6. The third-order valence-corrected chi connectivity index (χ3v) is 12.3. The number of hydrogen-bond donors (Lipinski definition) is 1. The summed E-state index contributed by atoms with van der Waals surface area (Å²) in [6, 6.07) is -0.621. The maximum atomic E-state index is 12.8. The predicted molar refractivity (Wildman–Crippen MR) is 289 cm³/mol. The van der Waals surface area contributed by atoms with Crippen molar-refractivity contribution < 1.29 is 38.2 Å². The fourth-order valence-electron chi connectivity index (χ4n) is 8.06. The molecule has 0 heterocycles. The first kappa shape index (κ1) is 64.8. The molecule has 0 amide bonds. The third-order valence-electron chi connectivity index (χ3n) is 12.3. The molecule has 0 aromatic heterocycles. The summed E-state index contributed by atoms with van der Waals surface area (Å²) in [6.07, 6.45) is 65.3. The van der Waals surface area contributed by atoms with Crippen molar-refractivity contribution in [1.82, 2.24) is 0 Å². The number of aliphatic carboxylic acids is 1. The van der Waals surface area contributed by atoms with Gasteiger partial charge in [-0.05, 0) is 83.5 Å². The van der Waals surface area contributed by atoms with Gasteiger partial charge < -0.3 is 23.8 Å². The monoisotopic (exact) mass is 953 g/mol. The molecule has 0 saturated heterocycles. The van der Waals surface area contributed by atoms with Crippen LogP contribution in [0.3, 0.4) is 0 Å². The number of carbonyl (C=O) groups excluding carboxylic acids is 2. The van der Waals surface area contributed by atoms with Gasteiger partial charge in [0.2, 0.25) is 0 Å². The van der Waals surface area contributed by atoms with Crippen LogP contribution in [-0.2, 0) is 28.6 Å². The maximum absolute atomic E-state index is 12.8. The van der Waals surface area contributed by atoms with E-state index in [1.807, 2.05) is 21.1 Å². The van der Waals surface area contributed by atoms with Crippen LogP contribution in [0.4, 0.5) is 0 Å². The second kappa shape index (κ2) is 50.2. The van der Waals surface area contributed by atoms with Crippen LogP contribution in [0.5, 0.6) is 0 Å². The van der Waals surface area contributed by atoms with Crippen LogP contribution in [0.15, 0.2) is 72.9 Å². The van der Waals surface area contributed by atoms with E-state index in [-0.39, 0.29) is 36.2 Å². The van der Waals surface area contributed by atoms with E-state index in [1.54, 1.807) is 0 Å². The molecular formula is C60H106NO7+. The first-order valence-electron chi connectivity index (χ1n) is 28.0. The summed E-state index contributed by atoms with van der Waals surface area (Å²) in [5.41, 5.74) is 0. The molecule has 0 aliphatic rings. The van der Waals surface area contributed by atoms with Crippen molar-refractivity contribution >= 4 is 17.9 Å². The van der Waals surface area contributed by atoms with Gasteiger partial charge in [0.25, 0.3) is 0 Å². The Labute approximate surface area is 419 Å². The first-order chi connectivity index (χ1) is 33.1. The van der Waals surface area contributed by atoms with Crippen molar-refractivity contribution in [2.75, 3.05) is 41.0 Å². The summed E-state index contributed by atoms with van der Waals surface area (Å²) in [4.78, 5) is 37.3.